The quantitative estimate of drug-likeness (QED) is 0.735. The summed E-state index contributed by atoms with van der Waals surface area (Å²) in [5, 5.41) is 0.656. The summed E-state index contributed by atoms with van der Waals surface area (Å²) in [5.41, 5.74) is 9.15. The molecule has 1 aromatic carbocycles. The molecule has 66 valence electrons. The fourth-order valence-electron chi connectivity index (χ4n) is 1.11. The SMILES string of the molecule is Nc1cc(Cl)cc(-c2cncs2)c1. The lowest BCUT2D eigenvalue weighted by Crippen LogP contribution is -1.84. The van der Waals surface area contributed by atoms with Crippen LogP contribution in [0.4, 0.5) is 5.69 Å². The lowest BCUT2D eigenvalue weighted by atomic mass is 10.2. The highest BCUT2D eigenvalue weighted by molar-refractivity contribution is 7.13. The number of benzene rings is 1. The minimum Gasteiger partial charge on any atom is -0.399 e. The van der Waals surface area contributed by atoms with Crippen LogP contribution < -0.4 is 5.73 Å². The van der Waals surface area contributed by atoms with Gasteiger partial charge in [-0.05, 0) is 23.8 Å². The molecule has 2 aromatic rings. The lowest BCUT2D eigenvalue weighted by molar-refractivity contribution is 1.42. The van der Waals surface area contributed by atoms with Gasteiger partial charge in [-0.2, -0.15) is 0 Å². The number of aromatic nitrogens is 1. The van der Waals surface area contributed by atoms with Gasteiger partial charge in [0.25, 0.3) is 0 Å². The van der Waals surface area contributed by atoms with Gasteiger partial charge in [-0.25, -0.2) is 0 Å². The Labute approximate surface area is 85.0 Å². The molecule has 0 atom stereocenters. The molecule has 2 nitrogen and oxygen atoms in total. The molecule has 0 aliphatic heterocycles. The molecule has 0 saturated heterocycles. The van der Waals surface area contributed by atoms with Crippen molar-refractivity contribution < 1.29 is 0 Å². The van der Waals surface area contributed by atoms with E-state index in [9.17, 15) is 0 Å². The molecule has 2 N–H and O–H groups in total. The first-order valence-corrected chi connectivity index (χ1v) is 4.96. The Hall–Kier alpha value is -1.06. The van der Waals surface area contributed by atoms with E-state index in [1.54, 1.807) is 29.1 Å². The Morgan fingerprint density at radius 3 is 2.77 bits per heavy atom. The summed E-state index contributed by atoms with van der Waals surface area (Å²) >= 11 is 7.44. The number of nitrogens with two attached hydrogens (primary N) is 1. The Balaban J connectivity index is 2.53. The van der Waals surface area contributed by atoms with Gasteiger partial charge in [0.2, 0.25) is 0 Å². The van der Waals surface area contributed by atoms with Crippen molar-refractivity contribution in [1.82, 2.24) is 4.98 Å². The first-order valence-electron chi connectivity index (χ1n) is 3.70. The third-order valence-electron chi connectivity index (χ3n) is 1.64. The maximum atomic E-state index is 5.87. The van der Waals surface area contributed by atoms with Crippen molar-refractivity contribution in [1.29, 1.82) is 0 Å². The number of thiazole rings is 1. The van der Waals surface area contributed by atoms with Crippen molar-refractivity contribution in [3.63, 3.8) is 0 Å². The van der Waals surface area contributed by atoms with E-state index < -0.39 is 0 Å². The van der Waals surface area contributed by atoms with Crippen LogP contribution in [0.2, 0.25) is 5.02 Å². The summed E-state index contributed by atoms with van der Waals surface area (Å²) in [5.74, 6) is 0. The fraction of sp³-hybridized carbons (Fsp3) is 0. The van der Waals surface area contributed by atoms with Gasteiger partial charge in [0.1, 0.15) is 0 Å². The van der Waals surface area contributed by atoms with Crippen molar-refractivity contribution in [3.05, 3.63) is 34.9 Å². The zero-order valence-corrected chi connectivity index (χ0v) is 8.27. The van der Waals surface area contributed by atoms with Gasteiger partial charge in [-0.1, -0.05) is 11.6 Å². The monoisotopic (exact) mass is 210 g/mol. The molecule has 0 amide bonds. The van der Waals surface area contributed by atoms with Gasteiger partial charge in [0.05, 0.1) is 10.4 Å². The normalized spacial score (nSPS) is 10.2. The van der Waals surface area contributed by atoms with Crippen LogP contribution >= 0.6 is 22.9 Å². The molecule has 0 aliphatic rings. The molecular formula is C9H7ClN2S. The molecule has 13 heavy (non-hydrogen) atoms. The van der Waals surface area contributed by atoms with E-state index in [0.29, 0.717) is 10.7 Å². The molecule has 0 fully saturated rings. The summed E-state index contributed by atoms with van der Waals surface area (Å²) < 4.78 is 0. The van der Waals surface area contributed by atoms with Gasteiger partial charge < -0.3 is 5.73 Å². The minimum atomic E-state index is 0.656. The number of nitrogen functional groups attached to an aromatic ring is 1. The van der Waals surface area contributed by atoms with Gasteiger partial charge >= 0.3 is 0 Å². The first-order chi connectivity index (χ1) is 6.25. The molecule has 1 heterocycles. The topological polar surface area (TPSA) is 38.9 Å². The number of anilines is 1. The minimum absolute atomic E-state index is 0.656. The van der Waals surface area contributed by atoms with Crippen LogP contribution in [-0.4, -0.2) is 4.98 Å². The molecule has 4 heteroatoms. The van der Waals surface area contributed by atoms with Crippen molar-refractivity contribution in [3.8, 4) is 10.4 Å². The third kappa shape index (κ3) is 1.82. The standard InChI is InChI=1S/C9H7ClN2S/c10-7-1-6(2-8(11)3-7)9-4-12-5-13-9/h1-5H,11H2. The van der Waals surface area contributed by atoms with Crippen LogP contribution in [0.1, 0.15) is 0 Å². The number of halogens is 1. The van der Waals surface area contributed by atoms with Crippen LogP contribution in [0.5, 0.6) is 0 Å². The highest BCUT2D eigenvalue weighted by Gasteiger charge is 2.01. The highest BCUT2D eigenvalue weighted by atomic mass is 35.5. The molecule has 0 spiro atoms. The molecule has 0 unspecified atom stereocenters. The summed E-state index contributed by atoms with van der Waals surface area (Å²) in [6, 6.07) is 5.50. The zero-order valence-electron chi connectivity index (χ0n) is 6.70. The van der Waals surface area contributed by atoms with Crippen molar-refractivity contribution in [2.75, 3.05) is 5.73 Å². The molecule has 0 radical (unpaired) electrons. The second-order valence-corrected chi connectivity index (χ2v) is 3.96. The van der Waals surface area contributed by atoms with Crippen molar-refractivity contribution in [2.45, 2.75) is 0 Å². The van der Waals surface area contributed by atoms with E-state index in [0.717, 1.165) is 10.4 Å². The fourth-order valence-corrected chi connectivity index (χ4v) is 1.97. The van der Waals surface area contributed by atoms with Crippen molar-refractivity contribution >= 4 is 28.6 Å². The highest BCUT2D eigenvalue weighted by Crippen LogP contribution is 2.28. The van der Waals surface area contributed by atoms with Crippen LogP contribution in [0.15, 0.2) is 29.9 Å². The average Bonchev–Trinajstić information content (AvgIpc) is 2.53. The molecule has 0 aliphatic carbocycles. The summed E-state index contributed by atoms with van der Waals surface area (Å²) in [7, 11) is 0. The second-order valence-electron chi connectivity index (χ2n) is 2.64. The van der Waals surface area contributed by atoms with Gasteiger partial charge in [0, 0.05) is 16.9 Å². The average molecular weight is 211 g/mol. The zero-order chi connectivity index (χ0) is 9.26. The largest absolute Gasteiger partial charge is 0.399 e. The van der Waals surface area contributed by atoms with E-state index in [4.69, 9.17) is 17.3 Å². The maximum Gasteiger partial charge on any atom is 0.0797 e. The first kappa shape index (κ1) is 8.53. The third-order valence-corrected chi connectivity index (χ3v) is 2.68. The summed E-state index contributed by atoms with van der Waals surface area (Å²) in [4.78, 5) is 5.07. The molecule has 1 aromatic heterocycles. The Morgan fingerprint density at radius 2 is 2.15 bits per heavy atom. The lowest BCUT2D eigenvalue weighted by Gasteiger charge is -1.99. The van der Waals surface area contributed by atoms with Crippen LogP contribution in [-0.2, 0) is 0 Å². The number of hydrogen-bond acceptors (Lipinski definition) is 3. The van der Waals surface area contributed by atoms with Crippen molar-refractivity contribution in [2.24, 2.45) is 0 Å². The number of nitrogens with zero attached hydrogens (tertiary/aromatic N) is 1. The van der Waals surface area contributed by atoms with Crippen LogP contribution in [0.25, 0.3) is 10.4 Å². The maximum absolute atomic E-state index is 5.87. The van der Waals surface area contributed by atoms with E-state index >= 15 is 0 Å². The smallest absolute Gasteiger partial charge is 0.0797 e. The predicted octanol–water partition coefficient (Wildman–Crippen LogP) is 3.05. The van der Waals surface area contributed by atoms with E-state index in [2.05, 4.69) is 4.98 Å². The molecule has 0 saturated carbocycles. The second kappa shape index (κ2) is 3.36. The molecule has 2 rings (SSSR count). The van der Waals surface area contributed by atoms with Crippen LogP contribution in [0.3, 0.4) is 0 Å². The summed E-state index contributed by atoms with van der Waals surface area (Å²) in [6.45, 7) is 0. The Bertz CT molecular complexity index is 391. The summed E-state index contributed by atoms with van der Waals surface area (Å²) in [6.07, 6.45) is 1.80. The van der Waals surface area contributed by atoms with E-state index in [1.165, 1.54) is 0 Å². The Kier molecular flexibility index (Phi) is 2.20. The number of rotatable bonds is 1. The van der Waals surface area contributed by atoms with Gasteiger partial charge in [-0.15, -0.1) is 11.3 Å². The van der Waals surface area contributed by atoms with Gasteiger partial charge in [0.15, 0.2) is 0 Å². The van der Waals surface area contributed by atoms with E-state index in [-0.39, 0.29) is 0 Å². The van der Waals surface area contributed by atoms with Crippen LogP contribution in [0, 0.1) is 0 Å². The van der Waals surface area contributed by atoms with Gasteiger partial charge in [-0.3, -0.25) is 4.98 Å². The molecule has 0 bridgehead atoms. The molecular weight excluding hydrogens is 204 g/mol. The number of hydrogen-bond donors (Lipinski definition) is 1. The Morgan fingerprint density at radius 1 is 1.31 bits per heavy atom. The van der Waals surface area contributed by atoms with E-state index in [1.807, 2.05) is 12.1 Å². The predicted molar refractivity (Wildman–Crippen MR) is 57.0 cm³/mol.